The van der Waals surface area contributed by atoms with Crippen molar-refractivity contribution in [3.63, 3.8) is 0 Å². The molecule has 0 aliphatic carbocycles. The van der Waals surface area contributed by atoms with Gasteiger partial charge >= 0.3 is 10.4 Å². The standard InChI is InChI=1S/C23H29N5O.C19H20N4O.H2O4S/c1-26(2)16-17-29-23-20-6-4-5-7-21(20)24-22(25-23)18-8-10-19(11-9-18)28-14-12-27(3)13-15-28;1-22-10-12-23(13-11-22)15-8-6-14(7-9-15)18-20-17-5-3-2-4-16(17)19(24)21-18;1-5(2,3)4/h4-11H,12-17H2,1-3H3;2-9H,10-13H2,1H3,(H,20,21,24);(H2,1,2,3,4). The van der Waals surface area contributed by atoms with Gasteiger partial charge < -0.3 is 34.2 Å². The van der Waals surface area contributed by atoms with Crippen LogP contribution in [0.5, 0.6) is 5.88 Å². The molecule has 3 N–H and O–H groups in total. The molecule has 2 aliphatic heterocycles. The fraction of sp³-hybridized carbons (Fsp3) is 0.333. The Morgan fingerprint density at radius 2 is 1.12 bits per heavy atom. The molecule has 0 spiro atoms. The number of hydrogen-bond acceptors (Lipinski definition) is 12. The van der Waals surface area contributed by atoms with Crippen LogP contribution >= 0.6 is 0 Å². The minimum atomic E-state index is -4.67. The summed E-state index contributed by atoms with van der Waals surface area (Å²) in [6.45, 7) is 10.0. The molecule has 58 heavy (non-hydrogen) atoms. The van der Waals surface area contributed by atoms with E-state index in [-0.39, 0.29) is 5.56 Å². The van der Waals surface area contributed by atoms with E-state index in [0.717, 1.165) is 86.4 Å². The number of piperazine rings is 2. The van der Waals surface area contributed by atoms with Crippen molar-refractivity contribution in [3.8, 4) is 28.7 Å². The lowest BCUT2D eigenvalue weighted by Gasteiger charge is -2.34. The van der Waals surface area contributed by atoms with Crippen LogP contribution in [0.15, 0.2) is 102 Å². The third-order valence-corrected chi connectivity index (χ3v) is 9.96. The number of benzene rings is 4. The Bertz CT molecular complexity index is 2420. The van der Waals surface area contributed by atoms with E-state index in [2.05, 4.69) is 85.0 Å². The Hall–Kier alpha value is -5.49. The summed E-state index contributed by atoms with van der Waals surface area (Å²) < 4.78 is 37.6. The molecule has 4 aromatic carbocycles. The molecule has 2 aliphatic rings. The molecule has 2 saturated heterocycles. The zero-order chi connectivity index (χ0) is 41.2. The van der Waals surface area contributed by atoms with Gasteiger partial charge in [-0.05, 0) is 101 Å². The second kappa shape index (κ2) is 19.3. The van der Waals surface area contributed by atoms with E-state index < -0.39 is 10.4 Å². The van der Waals surface area contributed by atoms with Crippen molar-refractivity contribution in [1.29, 1.82) is 0 Å². The molecule has 0 radical (unpaired) electrons. The molecule has 0 saturated carbocycles. The first-order valence-corrected chi connectivity index (χ1v) is 20.5. The zero-order valence-electron chi connectivity index (χ0n) is 33.3. The summed E-state index contributed by atoms with van der Waals surface area (Å²) >= 11 is 0. The molecule has 306 valence electrons. The third-order valence-electron chi connectivity index (χ3n) is 9.96. The predicted molar refractivity (Wildman–Crippen MR) is 230 cm³/mol. The first-order valence-electron chi connectivity index (χ1n) is 19.1. The Morgan fingerprint density at radius 3 is 1.64 bits per heavy atom. The number of likely N-dealkylation sites (N-methyl/N-ethyl adjacent to an activating group) is 3. The zero-order valence-corrected chi connectivity index (χ0v) is 34.1. The van der Waals surface area contributed by atoms with E-state index >= 15 is 0 Å². The first kappa shape index (κ1) is 42.1. The van der Waals surface area contributed by atoms with Gasteiger partial charge in [-0.3, -0.25) is 13.9 Å². The SMILES string of the molecule is CN(C)CCOc1nc(-c2ccc(N3CCN(C)CC3)cc2)nc2ccccc12.CN1CCN(c2ccc(-c3nc4ccccc4c(=O)[nH]3)cc2)CC1.O=S(=O)(O)O. The lowest BCUT2D eigenvalue weighted by atomic mass is 10.1. The van der Waals surface area contributed by atoms with Crippen LogP contribution in [0.25, 0.3) is 44.6 Å². The fourth-order valence-corrected chi connectivity index (χ4v) is 6.62. The molecule has 2 aromatic heterocycles. The molecular weight excluding hydrogens is 759 g/mol. The van der Waals surface area contributed by atoms with Crippen LogP contribution in [0.3, 0.4) is 0 Å². The molecule has 2 fully saturated rings. The van der Waals surface area contributed by atoms with Gasteiger partial charge in [-0.2, -0.15) is 13.4 Å². The molecule has 8 rings (SSSR count). The summed E-state index contributed by atoms with van der Waals surface area (Å²) in [7, 11) is 3.74. The van der Waals surface area contributed by atoms with Crippen LogP contribution in [0.4, 0.5) is 11.4 Å². The Balaban J connectivity index is 0.000000178. The average Bonchev–Trinajstić information content (AvgIpc) is 3.21. The first-order chi connectivity index (χ1) is 27.8. The monoisotopic (exact) mass is 809 g/mol. The number of aromatic nitrogens is 4. The third kappa shape index (κ3) is 11.8. The number of H-pyrrole nitrogens is 1. The smallest absolute Gasteiger partial charge is 0.394 e. The van der Waals surface area contributed by atoms with Gasteiger partial charge in [-0.25, -0.2) is 9.97 Å². The van der Waals surface area contributed by atoms with Crippen LogP contribution in [-0.2, 0) is 10.4 Å². The van der Waals surface area contributed by atoms with Crippen molar-refractivity contribution < 1.29 is 22.3 Å². The number of fused-ring (bicyclic) bond motifs is 2. The number of aromatic amines is 1. The minimum Gasteiger partial charge on any atom is -0.476 e. The topological polar surface area (TPSA) is 172 Å². The minimum absolute atomic E-state index is 0.0984. The molecule has 4 heterocycles. The van der Waals surface area contributed by atoms with Gasteiger partial charge in [-0.15, -0.1) is 0 Å². The highest BCUT2D eigenvalue weighted by Gasteiger charge is 2.17. The summed E-state index contributed by atoms with van der Waals surface area (Å²) in [6.07, 6.45) is 0. The summed E-state index contributed by atoms with van der Waals surface area (Å²) in [6, 6.07) is 32.3. The molecule has 16 heteroatoms. The number of anilines is 2. The largest absolute Gasteiger partial charge is 0.476 e. The van der Waals surface area contributed by atoms with Crippen LogP contribution in [0.2, 0.25) is 0 Å². The van der Waals surface area contributed by atoms with Crippen molar-refractivity contribution in [2.75, 3.05) is 104 Å². The highest BCUT2D eigenvalue weighted by Crippen LogP contribution is 2.28. The van der Waals surface area contributed by atoms with Crippen molar-refractivity contribution in [3.05, 3.63) is 107 Å². The van der Waals surface area contributed by atoms with Crippen LogP contribution in [0, 0.1) is 0 Å². The lowest BCUT2D eigenvalue weighted by Crippen LogP contribution is -2.44. The normalized spacial score (nSPS) is 15.2. The van der Waals surface area contributed by atoms with Crippen molar-refractivity contribution in [1.82, 2.24) is 34.6 Å². The second-order valence-electron chi connectivity index (χ2n) is 14.6. The van der Waals surface area contributed by atoms with Gasteiger partial charge in [0, 0.05) is 81.4 Å². The molecule has 0 bridgehead atoms. The number of nitrogens with one attached hydrogen (secondary N) is 1. The fourth-order valence-electron chi connectivity index (χ4n) is 6.62. The highest BCUT2D eigenvalue weighted by atomic mass is 32.3. The van der Waals surface area contributed by atoms with E-state index in [0.29, 0.717) is 29.5 Å². The van der Waals surface area contributed by atoms with Crippen molar-refractivity contribution >= 4 is 43.6 Å². The van der Waals surface area contributed by atoms with E-state index in [1.54, 1.807) is 6.07 Å². The average molecular weight is 810 g/mol. The summed E-state index contributed by atoms with van der Waals surface area (Å²) in [5.74, 6) is 1.97. The van der Waals surface area contributed by atoms with Gasteiger partial charge in [0.15, 0.2) is 5.82 Å². The summed E-state index contributed by atoms with van der Waals surface area (Å²) in [5.41, 5.74) is 5.93. The predicted octanol–water partition coefficient (Wildman–Crippen LogP) is 4.68. The maximum atomic E-state index is 12.2. The van der Waals surface area contributed by atoms with Gasteiger partial charge in [0.1, 0.15) is 12.4 Å². The lowest BCUT2D eigenvalue weighted by molar-refractivity contribution is 0.256. The Morgan fingerprint density at radius 1 is 0.655 bits per heavy atom. The maximum absolute atomic E-state index is 12.2. The summed E-state index contributed by atoms with van der Waals surface area (Å²) in [5, 5.41) is 1.57. The van der Waals surface area contributed by atoms with Crippen molar-refractivity contribution in [2.24, 2.45) is 0 Å². The number of rotatable bonds is 8. The van der Waals surface area contributed by atoms with Gasteiger partial charge in [0.25, 0.3) is 5.56 Å². The molecule has 0 unspecified atom stereocenters. The number of para-hydroxylation sites is 2. The van der Waals surface area contributed by atoms with E-state index in [1.807, 2.05) is 68.7 Å². The van der Waals surface area contributed by atoms with Crippen LogP contribution in [-0.4, -0.2) is 146 Å². The van der Waals surface area contributed by atoms with Gasteiger partial charge in [-0.1, -0.05) is 24.3 Å². The maximum Gasteiger partial charge on any atom is 0.394 e. The molecule has 6 aromatic rings. The van der Waals surface area contributed by atoms with Gasteiger partial charge in [0.05, 0.1) is 21.8 Å². The van der Waals surface area contributed by atoms with Crippen LogP contribution in [0.1, 0.15) is 0 Å². The molecular formula is C42H51N9O6S. The highest BCUT2D eigenvalue weighted by molar-refractivity contribution is 7.79. The van der Waals surface area contributed by atoms with Crippen molar-refractivity contribution in [2.45, 2.75) is 0 Å². The Labute approximate surface area is 339 Å². The number of hydrogen-bond donors (Lipinski definition) is 3. The molecule has 0 amide bonds. The quantitative estimate of drug-likeness (QED) is 0.181. The van der Waals surface area contributed by atoms with Gasteiger partial charge in [0.2, 0.25) is 5.88 Å². The van der Waals surface area contributed by atoms with E-state index in [4.69, 9.17) is 32.2 Å². The van der Waals surface area contributed by atoms with E-state index in [9.17, 15) is 4.79 Å². The second-order valence-corrected chi connectivity index (χ2v) is 15.5. The molecule has 0 atom stereocenters. The molecule has 15 nitrogen and oxygen atoms in total. The number of ether oxygens (including phenoxy) is 1. The van der Waals surface area contributed by atoms with E-state index in [1.165, 1.54) is 11.4 Å². The number of nitrogens with zero attached hydrogens (tertiary/aromatic N) is 8. The van der Waals surface area contributed by atoms with Crippen LogP contribution < -0.4 is 20.1 Å². The summed E-state index contributed by atoms with van der Waals surface area (Å²) in [4.78, 5) is 40.8. The Kier molecular flexibility index (Phi) is 14.0.